The molecule has 2 nitrogen and oxygen atoms in total. The first-order valence-electron chi connectivity index (χ1n) is 6.08. The molecule has 2 rings (SSSR count). The van der Waals surface area contributed by atoms with E-state index in [-0.39, 0.29) is 0 Å². The molecule has 0 bridgehead atoms. The Kier molecular flexibility index (Phi) is 4.00. The van der Waals surface area contributed by atoms with Gasteiger partial charge in [-0.05, 0) is 41.4 Å². The van der Waals surface area contributed by atoms with Gasteiger partial charge in [-0.3, -0.25) is 4.98 Å². The van der Waals surface area contributed by atoms with Crippen LogP contribution in [0.4, 0.5) is 5.69 Å². The van der Waals surface area contributed by atoms with Gasteiger partial charge in [0.05, 0.1) is 5.52 Å². The number of anilines is 1. The number of para-hydroxylation sites is 1. The maximum Gasteiger partial charge on any atom is 0.0867 e. The van der Waals surface area contributed by atoms with Crippen LogP contribution in [0.25, 0.3) is 10.9 Å². The molecule has 90 valence electrons. The molecule has 0 amide bonds. The van der Waals surface area contributed by atoms with Crippen LogP contribution in [0.1, 0.15) is 26.0 Å². The minimum atomic E-state index is 0.928. The Hall–Kier alpha value is -1.09. The molecule has 1 aromatic carbocycles. The second-order valence-electron chi connectivity index (χ2n) is 4.08. The molecule has 17 heavy (non-hydrogen) atoms. The highest BCUT2D eigenvalue weighted by molar-refractivity contribution is 9.10. The van der Waals surface area contributed by atoms with Crippen molar-refractivity contribution in [2.75, 3.05) is 11.9 Å². The minimum absolute atomic E-state index is 0.928. The van der Waals surface area contributed by atoms with Crippen LogP contribution in [-0.2, 0) is 6.42 Å². The zero-order valence-electron chi connectivity index (χ0n) is 10.3. The summed E-state index contributed by atoms with van der Waals surface area (Å²) in [5.41, 5.74) is 3.39. The fourth-order valence-corrected chi connectivity index (χ4v) is 2.44. The van der Waals surface area contributed by atoms with E-state index < -0.39 is 0 Å². The predicted molar refractivity (Wildman–Crippen MR) is 77.6 cm³/mol. The molecule has 0 spiro atoms. The molecule has 0 aliphatic rings. The predicted octanol–water partition coefficient (Wildman–Crippen LogP) is 4.38. The number of pyridine rings is 1. The molecule has 3 heteroatoms. The standard InChI is InChI=1S/C14H17BrN2/c1-3-6-10-9-13(16-4-2)11-7-5-8-12(15)14(11)17-10/h5,7-9H,3-4,6H2,1-2H3,(H,16,17). The van der Waals surface area contributed by atoms with Crippen LogP contribution in [0.15, 0.2) is 28.7 Å². The number of nitrogens with one attached hydrogen (secondary N) is 1. The summed E-state index contributed by atoms with van der Waals surface area (Å²) < 4.78 is 1.06. The normalized spacial score (nSPS) is 10.8. The van der Waals surface area contributed by atoms with Crippen LogP contribution in [0.3, 0.4) is 0 Å². The molecule has 1 heterocycles. The van der Waals surface area contributed by atoms with E-state index in [1.807, 2.05) is 6.07 Å². The third kappa shape index (κ3) is 2.60. The Morgan fingerprint density at radius 2 is 2.12 bits per heavy atom. The highest BCUT2D eigenvalue weighted by atomic mass is 79.9. The van der Waals surface area contributed by atoms with E-state index in [0.717, 1.165) is 35.1 Å². The van der Waals surface area contributed by atoms with Crippen LogP contribution in [0.5, 0.6) is 0 Å². The lowest BCUT2D eigenvalue weighted by atomic mass is 10.1. The molecule has 0 atom stereocenters. The van der Waals surface area contributed by atoms with Crippen LogP contribution < -0.4 is 5.32 Å². The lowest BCUT2D eigenvalue weighted by Crippen LogP contribution is -2.01. The molecule has 1 N–H and O–H groups in total. The first kappa shape index (κ1) is 12.4. The quantitative estimate of drug-likeness (QED) is 0.904. The zero-order chi connectivity index (χ0) is 12.3. The molecular weight excluding hydrogens is 276 g/mol. The minimum Gasteiger partial charge on any atom is -0.385 e. The van der Waals surface area contributed by atoms with E-state index in [9.17, 15) is 0 Å². The third-order valence-electron chi connectivity index (χ3n) is 2.72. The van der Waals surface area contributed by atoms with Gasteiger partial charge in [-0.1, -0.05) is 25.5 Å². The second kappa shape index (κ2) is 5.50. The van der Waals surface area contributed by atoms with Gasteiger partial charge in [0.15, 0.2) is 0 Å². The van der Waals surface area contributed by atoms with Gasteiger partial charge in [0.25, 0.3) is 0 Å². The maximum absolute atomic E-state index is 4.72. The Morgan fingerprint density at radius 3 is 2.82 bits per heavy atom. The van der Waals surface area contributed by atoms with Crippen LogP contribution in [-0.4, -0.2) is 11.5 Å². The molecular formula is C14H17BrN2. The van der Waals surface area contributed by atoms with E-state index in [0.29, 0.717) is 0 Å². The van der Waals surface area contributed by atoms with Crippen molar-refractivity contribution in [3.63, 3.8) is 0 Å². The smallest absolute Gasteiger partial charge is 0.0867 e. The lowest BCUT2D eigenvalue weighted by molar-refractivity contribution is 0.889. The number of aromatic nitrogens is 1. The van der Waals surface area contributed by atoms with Crippen molar-refractivity contribution >= 4 is 32.5 Å². The Balaban J connectivity index is 2.63. The summed E-state index contributed by atoms with van der Waals surface area (Å²) in [5.74, 6) is 0. The zero-order valence-corrected chi connectivity index (χ0v) is 11.8. The Bertz CT molecular complexity index is 523. The van der Waals surface area contributed by atoms with Crippen molar-refractivity contribution in [2.24, 2.45) is 0 Å². The van der Waals surface area contributed by atoms with Crippen molar-refractivity contribution in [3.8, 4) is 0 Å². The van der Waals surface area contributed by atoms with Gasteiger partial charge in [-0.15, -0.1) is 0 Å². The fourth-order valence-electron chi connectivity index (χ4n) is 1.99. The van der Waals surface area contributed by atoms with Gasteiger partial charge in [-0.25, -0.2) is 0 Å². The van der Waals surface area contributed by atoms with Gasteiger partial charge in [-0.2, -0.15) is 0 Å². The summed E-state index contributed by atoms with van der Waals surface area (Å²) in [7, 11) is 0. The Labute approximate surface area is 111 Å². The van der Waals surface area contributed by atoms with Crippen molar-refractivity contribution in [3.05, 3.63) is 34.4 Å². The number of fused-ring (bicyclic) bond motifs is 1. The number of benzene rings is 1. The molecule has 2 aromatic rings. The molecule has 0 unspecified atom stereocenters. The molecule has 0 aliphatic carbocycles. The number of nitrogens with zero attached hydrogens (tertiary/aromatic N) is 1. The molecule has 0 radical (unpaired) electrons. The molecule has 0 saturated carbocycles. The Morgan fingerprint density at radius 1 is 1.29 bits per heavy atom. The van der Waals surface area contributed by atoms with Crippen LogP contribution in [0, 0.1) is 0 Å². The molecule has 0 saturated heterocycles. The summed E-state index contributed by atoms with van der Waals surface area (Å²) in [5, 5.41) is 4.60. The van der Waals surface area contributed by atoms with Gasteiger partial charge in [0.2, 0.25) is 0 Å². The van der Waals surface area contributed by atoms with Gasteiger partial charge in [0.1, 0.15) is 0 Å². The SMILES string of the molecule is CCCc1cc(NCC)c2cccc(Br)c2n1. The largest absolute Gasteiger partial charge is 0.385 e. The molecule has 0 fully saturated rings. The monoisotopic (exact) mass is 292 g/mol. The van der Waals surface area contributed by atoms with E-state index in [2.05, 4.69) is 53.3 Å². The average molecular weight is 293 g/mol. The first-order chi connectivity index (χ1) is 8.26. The van der Waals surface area contributed by atoms with Crippen molar-refractivity contribution in [1.29, 1.82) is 0 Å². The van der Waals surface area contributed by atoms with Crippen molar-refractivity contribution in [1.82, 2.24) is 4.98 Å². The number of hydrogen-bond donors (Lipinski definition) is 1. The van der Waals surface area contributed by atoms with Crippen molar-refractivity contribution < 1.29 is 0 Å². The number of aryl methyl sites for hydroxylation is 1. The second-order valence-corrected chi connectivity index (χ2v) is 4.93. The average Bonchev–Trinajstić information content (AvgIpc) is 2.31. The third-order valence-corrected chi connectivity index (χ3v) is 3.36. The molecule has 1 aromatic heterocycles. The highest BCUT2D eigenvalue weighted by Crippen LogP contribution is 2.29. The summed E-state index contributed by atoms with van der Waals surface area (Å²) in [4.78, 5) is 4.72. The van der Waals surface area contributed by atoms with Gasteiger partial charge >= 0.3 is 0 Å². The lowest BCUT2D eigenvalue weighted by Gasteiger charge is -2.11. The number of halogens is 1. The number of rotatable bonds is 4. The fraction of sp³-hybridized carbons (Fsp3) is 0.357. The van der Waals surface area contributed by atoms with Crippen LogP contribution >= 0.6 is 15.9 Å². The first-order valence-corrected chi connectivity index (χ1v) is 6.87. The molecule has 0 aliphatic heterocycles. The van der Waals surface area contributed by atoms with Crippen molar-refractivity contribution in [2.45, 2.75) is 26.7 Å². The van der Waals surface area contributed by atoms with Crippen LogP contribution in [0.2, 0.25) is 0 Å². The van der Waals surface area contributed by atoms with Gasteiger partial charge in [0, 0.05) is 27.8 Å². The summed E-state index contributed by atoms with van der Waals surface area (Å²) >= 11 is 3.58. The van der Waals surface area contributed by atoms with E-state index in [4.69, 9.17) is 4.98 Å². The van der Waals surface area contributed by atoms with E-state index >= 15 is 0 Å². The number of hydrogen-bond acceptors (Lipinski definition) is 2. The summed E-state index contributed by atoms with van der Waals surface area (Å²) in [6.07, 6.45) is 2.14. The highest BCUT2D eigenvalue weighted by Gasteiger charge is 2.07. The van der Waals surface area contributed by atoms with E-state index in [1.54, 1.807) is 0 Å². The summed E-state index contributed by atoms with van der Waals surface area (Å²) in [6, 6.07) is 8.37. The topological polar surface area (TPSA) is 24.9 Å². The maximum atomic E-state index is 4.72. The van der Waals surface area contributed by atoms with E-state index in [1.165, 1.54) is 11.1 Å². The summed E-state index contributed by atoms with van der Waals surface area (Å²) in [6.45, 7) is 5.22. The van der Waals surface area contributed by atoms with Gasteiger partial charge < -0.3 is 5.32 Å².